The molecular formula is C13H14N2O3. The van der Waals surface area contributed by atoms with Crippen LogP contribution in [0.25, 0.3) is 11.3 Å². The molecule has 1 heterocycles. The lowest BCUT2D eigenvalue weighted by atomic mass is 10.2. The quantitative estimate of drug-likeness (QED) is 0.842. The Labute approximate surface area is 104 Å². The number of carboxylic acids is 1. The first-order valence-corrected chi connectivity index (χ1v) is 5.63. The second-order valence-corrected chi connectivity index (χ2v) is 3.93. The number of oxazole rings is 1. The van der Waals surface area contributed by atoms with E-state index in [1.165, 1.54) is 0 Å². The number of aromatic nitrogens is 1. The van der Waals surface area contributed by atoms with Crippen LogP contribution in [0.3, 0.4) is 0 Å². The highest BCUT2D eigenvalue weighted by Gasteiger charge is 2.11. The van der Waals surface area contributed by atoms with Gasteiger partial charge in [0.05, 0.1) is 12.7 Å². The number of hydrogen-bond donors (Lipinski definition) is 2. The van der Waals surface area contributed by atoms with E-state index in [1.807, 2.05) is 30.3 Å². The summed E-state index contributed by atoms with van der Waals surface area (Å²) < 4.78 is 5.53. The predicted molar refractivity (Wildman–Crippen MR) is 65.9 cm³/mol. The van der Waals surface area contributed by atoms with Gasteiger partial charge in [-0.05, 0) is 6.92 Å². The van der Waals surface area contributed by atoms with Crippen LogP contribution in [0.4, 0.5) is 0 Å². The number of hydrogen-bond acceptors (Lipinski definition) is 4. The maximum atomic E-state index is 10.6. The molecule has 2 rings (SSSR count). The zero-order chi connectivity index (χ0) is 13.0. The maximum Gasteiger partial charge on any atom is 0.320 e. The van der Waals surface area contributed by atoms with Crippen molar-refractivity contribution in [2.45, 2.75) is 19.5 Å². The lowest BCUT2D eigenvalue weighted by molar-refractivity contribution is -0.139. The number of aliphatic carboxylic acids is 1. The summed E-state index contributed by atoms with van der Waals surface area (Å²) in [4.78, 5) is 14.7. The van der Waals surface area contributed by atoms with Crippen LogP contribution in [-0.4, -0.2) is 22.1 Å². The van der Waals surface area contributed by atoms with Crippen molar-refractivity contribution in [1.82, 2.24) is 10.3 Å². The summed E-state index contributed by atoms with van der Waals surface area (Å²) in [6.45, 7) is 1.86. The summed E-state index contributed by atoms with van der Waals surface area (Å²) in [6.07, 6.45) is 1.64. The predicted octanol–water partition coefficient (Wildman–Crippen LogP) is 1.90. The van der Waals surface area contributed by atoms with Gasteiger partial charge < -0.3 is 9.52 Å². The standard InChI is InChI=1S/C13H14N2O3/c1-9(13(16)17)14-8-12-15-7-11(18-12)10-5-3-2-4-6-10/h2-7,9,14H,8H2,1H3,(H,16,17)/t9-/m1/s1. The summed E-state index contributed by atoms with van der Waals surface area (Å²) in [5.74, 6) is 0.252. The van der Waals surface area contributed by atoms with E-state index in [4.69, 9.17) is 9.52 Å². The van der Waals surface area contributed by atoms with Crippen LogP contribution in [0.2, 0.25) is 0 Å². The minimum atomic E-state index is -0.898. The van der Waals surface area contributed by atoms with Gasteiger partial charge in [-0.1, -0.05) is 30.3 Å². The molecule has 0 aliphatic rings. The van der Waals surface area contributed by atoms with E-state index >= 15 is 0 Å². The molecule has 0 spiro atoms. The van der Waals surface area contributed by atoms with E-state index in [2.05, 4.69) is 10.3 Å². The molecule has 0 radical (unpaired) electrons. The summed E-state index contributed by atoms with van der Waals surface area (Å²) in [5.41, 5.74) is 0.947. The van der Waals surface area contributed by atoms with Crippen molar-refractivity contribution in [2.24, 2.45) is 0 Å². The number of rotatable bonds is 5. The van der Waals surface area contributed by atoms with Crippen molar-refractivity contribution in [3.63, 3.8) is 0 Å². The van der Waals surface area contributed by atoms with Gasteiger partial charge in [0.1, 0.15) is 6.04 Å². The average molecular weight is 246 g/mol. The number of nitrogens with zero attached hydrogens (tertiary/aromatic N) is 1. The lowest BCUT2D eigenvalue weighted by Gasteiger charge is -2.05. The third-order valence-corrected chi connectivity index (χ3v) is 2.54. The Morgan fingerprint density at radius 1 is 1.44 bits per heavy atom. The van der Waals surface area contributed by atoms with E-state index in [0.717, 1.165) is 5.56 Å². The topological polar surface area (TPSA) is 75.4 Å². The zero-order valence-corrected chi connectivity index (χ0v) is 9.96. The lowest BCUT2D eigenvalue weighted by Crippen LogP contribution is -2.33. The monoisotopic (exact) mass is 246 g/mol. The van der Waals surface area contributed by atoms with Gasteiger partial charge in [0.25, 0.3) is 0 Å². The zero-order valence-electron chi connectivity index (χ0n) is 9.96. The average Bonchev–Trinajstić information content (AvgIpc) is 2.85. The fourth-order valence-corrected chi connectivity index (χ4v) is 1.46. The Morgan fingerprint density at radius 2 is 2.17 bits per heavy atom. The molecule has 5 heteroatoms. The van der Waals surface area contributed by atoms with Crippen LogP contribution >= 0.6 is 0 Å². The fourth-order valence-electron chi connectivity index (χ4n) is 1.46. The minimum absolute atomic E-state index is 0.292. The molecule has 0 bridgehead atoms. The van der Waals surface area contributed by atoms with Crippen LogP contribution < -0.4 is 5.32 Å². The first kappa shape index (κ1) is 12.3. The van der Waals surface area contributed by atoms with Crippen molar-refractivity contribution in [1.29, 1.82) is 0 Å². The van der Waals surface area contributed by atoms with Crippen molar-refractivity contribution in [2.75, 3.05) is 0 Å². The molecule has 1 aromatic carbocycles. The van der Waals surface area contributed by atoms with Crippen LogP contribution in [-0.2, 0) is 11.3 Å². The number of nitrogens with one attached hydrogen (secondary N) is 1. The van der Waals surface area contributed by atoms with E-state index in [-0.39, 0.29) is 0 Å². The van der Waals surface area contributed by atoms with E-state index in [9.17, 15) is 4.79 Å². The van der Waals surface area contributed by atoms with Crippen molar-refractivity contribution >= 4 is 5.97 Å². The molecule has 0 unspecified atom stereocenters. The van der Waals surface area contributed by atoms with Gasteiger partial charge >= 0.3 is 5.97 Å². The van der Waals surface area contributed by atoms with Gasteiger partial charge in [0.15, 0.2) is 5.76 Å². The molecular weight excluding hydrogens is 232 g/mol. The summed E-state index contributed by atoms with van der Waals surface area (Å²) in [5, 5.41) is 11.5. The third kappa shape index (κ3) is 2.95. The SMILES string of the molecule is C[C@@H](NCc1ncc(-c2ccccc2)o1)C(=O)O. The Morgan fingerprint density at radius 3 is 2.83 bits per heavy atom. The van der Waals surface area contributed by atoms with E-state index in [0.29, 0.717) is 18.2 Å². The fraction of sp³-hybridized carbons (Fsp3) is 0.231. The van der Waals surface area contributed by atoms with Gasteiger partial charge in [0.2, 0.25) is 5.89 Å². The molecule has 1 aromatic heterocycles. The highest BCUT2D eigenvalue weighted by atomic mass is 16.4. The minimum Gasteiger partial charge on any atom is -0.480 e. The maximum absolute atomic E-state index is 10.6. The highest BCUT2D eigenvalue weighted by molar-refractivity contribution is 5.72. The Hall–Kier alpha value is -2.14. The summed E-state index contributed by atoms with van der Waals surface area (Å²) in [6, 6.07) is 8.99. The smallest absolute Gasteiger partial charge is 0.320 e. The Balaban J connectivity index is 2.01. The van der Waals surface area contributed by atoms with Gasteiger partial charge in [-0.15, -0.1) is 0 Å². The van der Waals surface area contributed by atoms with Crippen LogP contribution in [0, 0.1) is 0 Å². The van der Waals surface area contributed by atoms with Crippen LogP contribution in [0.5, 0.6) is 0 Å². The molecule has 0 aliphatic carbocycles. The molecule has 2 N–H and O–H groups in total. The van der Waals surface area contributed by atoms with Gasteiger partial charge in [-0.3, -0.25) is 10.1 Å². The van der Waals surface area contributed by atoms with Gasteiger partial charge in [0, 0.05) is 5.56 Å². The number of carboxylic acid groups (broad SMARTS) is 1. The molecule has 94 valence electrons. The largest absolute Gasteiger partial charge is 0.480 e. The highest BCUT2D eigenvalue weighted by Crippen LogP contribution is 2.19. The molecule has 5 nitrogen and oxygen atoms in total. The number of benzene rings is 1. The molecule has 0 amide bonds. The molecule has 0 saturated carbocycles. The normalized spacial score (nSPS) is 12.3. The Bertz CT molecular complexity index is 522. The molecule has 18 heavy (non-hydrogen) atoms. The second-order valence-electron chi connectivity index (χ2n) is 3.93. The van der Waals surface area contributed by atoms with E-state index < -0.39 is 12.0 Å². The number of carbonyl (C=O) groups is 1. The molecule has 0 aliphatic heterocycles. The third-order valence-electron chi connectivity index (χ3n) is 2.54. The van der Waals surface area contributed by atoms with Crippen molar-refractivity contribution < 1.29 is 14.3 Å². The molecule has 2 aromatic rings. The second kappa shape index (κ2) is 5.46. The van der Waals surface area contributed by atoms with Gasteiger partial charge in [-0.25, -0.2) is 4.98 Å². The van der Waals surface area contributed by atoms with Gasteiger partial charge in [-0.2, -0.15) is 0 Å². The molecule has 1 atom stereocenters. The van der Waals surface area contributed by atoms with E-state index in [1.54, 1.807) is 13.1 Å². The van der Waals surface area contributed by atoms with Crippen LogP contribution in [0.15, 0.2) is 40.9 Å². The Kier molecular flexibility index (Phi) is 3.74. The molecule has 0 saturated heterocycles. The first-order valence-electron chi connectivity index (χ1n) is 5.63. The summed E-state index contributed by atoms with van der Waals surface area (Å²) in [7, 11) is 0. The summed E-state index contributed by atoms with van der Waals surface area (Å²) >= 11 is 0. The first-order chi connectivity index (χ1) is 8.66. The molecule has 0 fully saturated rings. The van der Waals surface area contributed by atoms with Crippen molar-refractivity contribution in [3.8, 4) is 11.3 Å². The van der Waals surface area contributed by atoms with Crippen molar-refractivity contribution in [3.05, 3.63) is 42.4 Å². The van der Waals surface area contributed by atoms with Crippen LogP contribution in [0.1, 0.15) is 12.8 Å².